The zero-order chi connectivity index (χ0) is 9.78. The first-order chi connectivity index (χ1) is 5.37. The van der Waals surface area contributed by atoms with Gasteiger partial charge >= 0.3 is 7.60 Å². The Balaban J connectivity index is 4.36. The van der Waals surface area contributed by atoms with Crippen molar-refractivity contribution in [1.82, 2.24) is 0 Å². The van der Waals surface area contributed by atoms with E-state index < -0.39 is 7.60 Å². The lowest BCUT2D eigenvalue weighted by Gasteiger charge is -2.09. The predicted molar refractivity (Wildman–Crippen MR) is 46.2 cm³/mol. The number of hydrogen-bond acceptors (Lipinski definition) is 3. The summed E-state index contributed by atoms with van der Waals surface area (Å²) >= 11 is 0. The average molecular weight is 195 g/mol. The topological polar surface area (TPSA) is 79.1 Å². The van der Waals surface area contributed by atoms with Gasteiger partial charge in [-0.15, -0.1) is 0 Å². The highest BCUT2D eigenvalue weighted by molar-refractivity contribution is 7.52. The van der Waals surface area contributed by atoms with E-state index in [-0.39, 0.29) is 12.1 Å². The molecule has 0 aromatic carbocycles. The Kier molecular flexibility index (Phi) is 4.45. The smallest absolute Gasteiger partial charge is 0.331 e. The molecule has 0 bridgehead atoms. The van der Waals surface area contributed by atoms with Gasteiger partial charge in [0.05, 0.1) is 11.9 Å². The molecular weight excluding hydrogens is 181 g/mol. The van der Waals surface area contributed by atoms with E-state index in [1.165, 1.54) is 7.11 Å². The lowest BCUT2D eigenvalue weighted by molar-refractivity contribution is 0.211. The van der Waals surface area contributed by atoms with E-state index in [9.17, 15) is 4.57 Å². The van der Waals surface area contributed by atoms with E-state index >= 15 is 0 Å². The molecule has 0 radical (unpaired) electrons. The summed E-state index contributed by atoms with van der Waals surface area (Å²) in [5.74, 6) is -0.0161. The number of hydrogen-bond donors (Lipinski definition) is 2. The Hall–Kier alpha value is -0.380. The van der Waals surface area contributed by atoms with Gasteiger partial charge < -0.3 is 14.6 Å². The van der Waals surface area contributed by atoms with Gasteiger partial charge in [0.15, 0.2) is 0 Å². The lowest BCUT2D eigenvalue weighted by atomic mass is 10.1. The van der Waals surface area contributed by atoms with Crippen LogP contribution >= 0.6 is 7.60 Å². The van der Waals surface area contributed by atoms with Crippen molar-refractivity contribution in [2.75, 3.05) is 13.3 Å². The Bertz CT molecular complexity index is 208. The number of oxime groups is 1. The largest absolute Gasteiger partial charge is 0.399 e. The standard InChI is InChI=1S/C6H14NO4P/c1-5(2)6(7-11-3)4-12(8,9)10/h5H,4H2,1-3H3,(H2,8,9,10). The van der Waals surface area contributed by atoms with Gasteiger partial charge in [-0.25, -0.2) is 0 Å². The van der Waals surface area contributed by atoms with Crippen LogP contribution in [-0.2, 0) is 9.40 Å². The van der Waals surface area contributed by atoms with Gasteiger partial charge in [-0.1, -0.05) is 19.0 Å². The van der Waals surface area contributed by atoms with Crippen molar-refractivity contribution in [2.24, 2.45) is 11.1 Å². The molecule has 0 saturated carbocycles. The van der Waals surface area contributed by atoms with Gasteiger partial charge in [-0.3, -0.25) is 4.57 Å². The normalized spacial score (nSPS) is 13.7. The Labute approximate surface area is 71.6 Å². The van der Waals surface area contributed by atoms with E-state index in [4.69, 9.17) is 9.79 Å². The molecule has 6 heteroatoms. The minimum absolute atomic E-state index is 0.0161. The summed E-state index contributed by atoms with van der Waals surface area (Å²) in [6.45, 7) is 3.60. The number of nitrogens with zero attached hydrogens (tertiary/aromatic N) is 1. The van der Waals surface area contributed by atoms with E-state index in [0.717, 1.165) is 0 Å². The molecule has 0 unspecified atom stereocenters. The van der Waals surface area contributed by atoms with Crippen LogP contribution in [-0.4, -0.2) is 28.8 Å². The lowest BCUT2D eigenvalue weighted by Crippen LogP contribution is -2.13. The van der Waals surface area contributed by atoms with Crippen molar-refractivity contribution in [3.63, 3.8) is 0 Å². The SMILES string of the molecule is CON=C(CP(=O)(O)O)C(C)C. The van der Waals surface area contributed by atoms with Gasteiger partial charge in [-0.05, 0) is 5.92 Å². The molecule has 0 aliphatic heterocycles. The maximum absolute atomic E-state index is 10.6. The molecule has 72 valence electrons. The Morgan fingerprint density at radius 2 is 2.08 bits per heavy atom. The summed E-state index contributed by atoms with van der Waals surface area (Å²) in [6.07, 6.45) is -0.335. The van der Waals surface area contributed by atoms with Crippen molar-refractivity contribution in [3.05, 3.63) is 0 Å². The average Bonchev–Trinajstić information content (AvgIpc) is 1.83. The fourth-order valence-electron chi connectivity index (χ4n) is 0.645. The van der Waals surface area contributed by atoms with E-state index in [1.54, 1.807) is 13.8 Å². The maximum Gasteiger partial charge on any atom is 0.331 e. The highest BCUT2D eigenvalue weighted by Crippen LogP contribution is 2.35. The quantitative estimate of drug-likeness (QED) is 0.395. The summed E-state index contributed by atoms with van der Waals surface area (Å²) in [6, 6.07) is 0. The molecule has 0 saturated heterocycles. The summed E-state index contributed by atoms with van der Waals surface area (Å²) in [5.41, 5.74) is 0.380. The second-order valence-electron chi connectivity index (χ2n) is 2.74. The first-order valence-corrected chi connectivity index (χ1v) is 5.31. The third-order valence-electron chi connectivity index (χ3n) is 1.24. The molecule has 0 aliphatic carbocycles. The molecule has 2 N–H and O–H groups in total. The summed E-state index contributed by atoms with van der Waals surface area (Å²) in [5, 5.41) is 3.53. The summed E-state index contributed by atoms with van der Waals surface area (Å²) in [7, 11) is -2.67. The molecule has 0 aromatic heterocycles. The fourth-order valence-corrected chi connectivity index (χ4v) is 1.49. The molecule has 5 nitrogen and oxygen atoms in total. The van der Waals surface area contributed by atoms with Crippen molar-refractivity contribution in [2.45, 2.75) is 13.8 Å². The molecule has 0 atom stereocenters. The molecule has 0 aromatic rings. The highest BCUT2D eigenvalue weighted by atomic mass is 31.2. The molecule has 0 heterocycles. The van der Waals surface area contributed by atoms with Gasteiger partial charge in [0.25, 0.3) is 0 Å². The number of rotatable bonds is 4. The molecule has 0 amide bonds. The van der Waals surface area contributed by atoms with Gasteiger partial charge in [0.1, 0.15) is 7.11 Å². The molecule has 0 spiro atoms. The maximum atomic E-state index is 10.6. The molecule has 0 aliphatic rings. The first kappa shape index (κ1) is 11.6. The van der Waals surface area contributed by atoms with Crippen molar-refractivity contribution >= 4 is 13.3 Å². The van der Waals surface area contributed by atoms with Gasteiger partial charge in [0.2, 0.25) is 0 Å². The van der Waals surface area contributed by atoms with E-state index in [0.29, 0.717) is 5.71 Å². The van der Waals surface area contributed by atoms with Crippen LogP contribution in [0.3, 0.4) is 0 Å². The fraction of sp³-hybridized carbons (Fsp3) is 0.833. The van der Waals surface area contributed by atoms with Crippen LogP contribution in [0.15, 0.2) is 5.16 Å². The van der Waals surface area contributed by atoms with Crippen molar-refractivity contribution < 1.29 is 19.2 Å². The monoisotopic (exact) mass is 195 g/mol. The second-order valence-corrected chi connectivity index (χ2v) is 4.39. The third-order valence-corrected chi connectivity index (χ3v) is 1.98. The van der Waals surface area contributed by atoms with E-state index in [1.807, 2.05) is 0 Å². The molecule has 0 rings (SSSR count). The molecular formula is C6H14NO4P. The van der Waals surface area contributed by atoms with Crippen LogP contribution in [0, 0.1) is 5.92 Å². The van der Waals surface area contributed by atoms with Crippen LogP contribution in [0.4, 0.5) is 0 Å². The zero-order valence-corrected chi connectivity index (χ0v) is 8.28. The molecule has 12 heavy (non-hydrogen) atoms. The van der Waals surface area contributed by atoms with Crippen LogP contribution in [0.2, 0.25) is 0 Å². The van der Waals surface area contributed by atoms with Crippen LogP contribution in [0.1, 0.15) is 13.8 Å². The van der Waals surface area contributed by atoms with Crippen LogP contribution < -0.4 is 0 Å². The minimum atomic E-state index is -4.02. The Morgan fingerprint density at radius 3 is 2.33 bits per heavy atom. The van der Waals surface area contributed by atoms with Crippen molar-refractivity contribution in [1.29, 1.82) is 0 Å². The molecule has 0 fully saturated rings. The Morgan fingerprint density at radius 1 is 1.58 bits per heavy atom. The van der Waals surface area contributed by atoms with Gasteiger partial charge in [0, 0.05) is 0 Å². The highest BCUT2D eigenvalue weighted by Gasteiger charge is 2.19. The predicted octanol–water partition coefficient (Wildman–Crippen LogP) is 0.823. The summed E-state index contributed by atoms with van der Waals surface area (Å²) in [4.78, 5) is 21.7. The summed E-state index contributed by atoms with van der Waals surface area (Å²) < 4.78 is 10.6. The second kappa shape index (κ2) is 4.60. The van der Waals surface area contributed by atoms with Crippen molar-refractivity contribution in [3.8, 4) is 0 Å². The van der Waals surface area contributed by atoms with Crippen LogP contribution in [0.5, 0.6) is 0 Å². The minimum Gasteiger partial charge on any atom is -0.399 e. The van der Waals surface area contributed by atoms with Crippen LogP contribution in [0.25, 0.3) is 0 Å². The van der Waals surface area contributed by atoms with E-state index in [2.05, 4.69) is 9.99 Å². The van der Waals surface area contributed by atoms with Gasteiger partial charge in [-0.2, -0.15) is 0 Å². The first-order valence-electron chi connectivity index (χ1n) is 3.51. The third kappa shape index (κ3) is 5.29. The zero-order valence-electron chi connectivity index (χ0n) is 7.39.